The van der Waals surface area contributed by atoms with Gasteiger partial charge in [0.1, 0.15) is 11.1 Å². The van der Waals surface area contributed by atoms with Gasteiger partial charge in [-0.3, -0.25) is 9.59 Å². The standard InChI is InChI=1S/C20H17NO5/c1-25-18(22)12-16(13-7-3-2-4-8-13)21-19(23)15-11-14-9-5-6-10-17(14)26-20(15)24/h2-11,16H,12H2,1H3,(H,21,23)/t16-/m0/s1. The molecule has 0 spiro atoms. The van der Waals surface area contributed by atoms with E-state index in [2.05, 4.69) is 5.32 Å². The molecule has 0 aliphatic carbocycles. The molecule has 6 heteroatoms. The molecule has 6 nitrogen and oxygen atoms in total. The molecule has 3 aromatic rings. The van der Waals surface area contributed by atoms with Crippen LogP contribution in [0.3, 0.4) is 0 Å². The lowest BCUT2D eigenvalue weighted by Gasteiger charge is -2.18. The van der Waals surface area contributed by atoms with E-state index in [9.17, 15) is 14.4 Å². The first kappa shape index (κ1) is 17.4. The summed E-state index contributed by atoms with van der Waals surface area (Å²) in [5, 5.41) is 3.36. The number of methoxy groups -OCH3 is 1. The van der Waals surface area contributed by atoms with Gasteiger partial charge in [0.2, 0.25) is 0 Å². The molecule has 0 saturated heterocycles. The lowest BCUT2D eigenvalue weighted by Crippen LogP contribution is -2.33. The van der Waals surface area contributed by atoms with Crippen LogP contribution in [-0.2, 0) is 9.53 Å². The quantitative estimate of drug-likeness (QED) is 0.564. The van der Waals surface area contributed by atoms with Gasteiger partial charge in [0.25, 0.3) is 5.91 Å². The van der Waals surface area contributed by atoms with Crippen LogP contribution in [0.4, 0.5) is 0 Å². The van der Waals surface area contributed by atoms with Crippen LogP contribution < -0.4 is 10.9 Å². The minimum atomic E-state index is -0.730. The number of hydrogen-bond donors (Lipinski definition) is 1. The number of rotatable bonds is 5. The number of ether oxygens (including phenoxy) is 1. The van der Waals surface area contributed by atoms with Gasteiger partial charge in [-0.05, 0) is 17.7 Å². The van der Waals surface area contributed by atoms with E-state index in [4.69, 9.17) is 9.15 Å². The van der Waals surface area contributed by atoms with Gasteiger partial charge in [0, 0.05) is 5.39 Å². The highest BCUT2D eigenvalue weighted by atomic mass is 16.5. The van der Waals surface area contributed by atoms with Gasteiger partial charge in [0.15, 0.2) is 0 Å². The third-order valence-electron chi connectivity index (χ3n) is 3.99. The Morgan fingerprint density at radius 1 is 1.08 bits per heavy atom. The van der Waals surface area contributed by atoms with E-state index in [0.29, 0.717) is 11.0 Å². The molecule has 3 rings (SSSR count). The largest absolute Gasteiger partial charge is 0.469 e. The summed E-state index contributed by atoms with van der Waals surface area (Å²) in [5.41, 5.74) is 0.292. The van der Waals surface area contributed by atoms with Gasteiger partial charge in [-0.2, -0.15) is 0 Å². The Morgan fingerprint density at radius 2 is 1.77 bits per heavy atom. The maximum absolute atomic E-state index is 12.6. The van der Waals surface area contributed by atoms with E-state index in [-0.39, 0.29) is 12.0 Å². The molecule has 1 N–H and O–H groups in total. The maximum atomic E-state index is 12.6. The van der Waals surface area contributed by atoms with E-state index in [1.807, 2.05) is 6.07 Å². The fourth-order valence-corrected chi connectivity index (χ4v) is 2.64. The highest BCUT2D eigenvalue weighted by molar-refractivity contribution is 5.97. The molecular formula is C20H17NO5. The maximum Gasteiger partial charge on any atom is 0.349 e. The first-order chi connectivity index (χ1) is 12.6. The summed E-state index contributed by atoms with van der Waals surface area (Å²) >= 11 is 0. The summed E-state index contributed by atoms with van der Waals surface area (Å²) in [6, 6.07) is 16.8. The van der Waals surface area contributed by atoms with Crippen molar-refractivity contribution in [1.82, 2.24) is 5.32 Å². The molecule has 1 atom stereocenters. The predicted octanol–water partition coefficient (Wildman–Crippen LogP) is 2.83. The number of carbonyl (C=O) groups is 2. The van der Waals surface area contributed by atoms with Crippen LogP contribution in [0.5, 0.6) is 0 Å². The fraction of sp³-hybridized carbons (Fsp3) is 0.150. The van der Waals surface area contributed by atoms with E-state index in [1.165, 1.54) is 13.2 Å². The van der Waals surface area contributed by atoms with Crippen LogP contribution in [-0.4, -0.2) is 19.0 Å². The third-order valence-corrected chi connectivity index (χ3v) is 3.99. The van der Waals surface area contributed by atoms with Crippen molar-refractivity contribution in [1.29, 1.82) is 0 Å². The van der Waals surface area contributed by atoms with Crippen molar-refractivity contribution < 1.29 is 18.7 Å². The van der Waals surface area contributed by atoms with Crippen LogP contribution >= 0.6 is 0 Å². The molecule has 0 aliphatic rings. The van der Waals surface area contributed by atoms with Crippen LogP contribution in [0.25, 0.3) is 11.0 Å². The lowest BCUT2D eigenvalue weighted by atomic mass is 10.0. The summed E-state index contributed by atoms with van der Waals surface area (Å²) < 4.78 is 9.90. The van der Waals surface area contributed by atoms with E-state index in [1.54, 1.807) is 48.5 Å². The zero-order chi connectivity index (χ0) is 18.5. The topological polar surface area (TPSA) is 85.6 Å². The molecule has 0 fully saturated rings. The van der Waals surface area contributed by atoms with Crippen molar-refractivity contribution in [3.63, 3.8) is 0 Å². The zero-order valence-electron chi connectivity index (χ0n) is 14.1. The van der Waals surface area contributed by atoms with Crippen LogP contribution in [0, 0.1) is 0 Å². The number of benzene rings is 2. The highest BCUT2D eigenvalue weighted by Gasteiger charge is 2.22. The minimum Gasteiger partial charge on any atom is -0.469 e. The Bertz CT molecular complexity index is 994. The zero-order valence-corrected chi connectivity index (χ0v) is 14.1. The second kappa shape index (κ2) is 7.65. The molecule has 0 bridgehead atoms. The molecule has 0 radical (unpaired) electrons. The van der Waals surface area contributed by atoms with Crippen molar-refractivity contribution in [2.45, 2.75) is 12.5 Å². The molecule has 0 unspecified atom stereocenters. The number of hydrogen-bond acceptors (Lipinski definition) is 5. The second-order valence-electron chi connectivity index (χ2n) is 5.70. The van der Waals surface area contributed by atoms with Crippen LogP contribution in [0.1, 0.15) is 28.4 Å². The third kappa shape index (κ3) is 3.80. The Labute approximate surface area is 149 Å². The number of para-hydroxylation sites is 1. The highest BCUT2D eigenvalue weighted by Crippen LogP contribution is 2.18. The van der Waals surface area contributed by atoms with Gasteiger partial charge in [-0.1, -0.05) is 48.5 Å². The molecule has 26 heavy (non-hydrogen) atoms. The number of carbonyl (C=O) groups excluding carboxylic acids is 2. The van der Waals surface area contributed by atoms with Crippen LogP contribution in [0.2, 0.25) is 0 Å². The number of fused-ring (bicyclic) bond motifs is 1. The van der Waals surface area contributed by atoms with Gasteiger partial charge >= 0.3 is 11.6 Å². The molecular weight excluding hydrogens is 334 g/mol. The Balaban J connectivity index is 1.91. The average molecular weight is 351 g/mol. The number of esters is 1. The molecule has 0 saturated carbocycles. The summed E-state index contributed by atoms with van der Waals surface area (Å²) in [6.45, 7) is 0. The normalized spacial score (nSPS) is 11.7. The van der Waals surface area contributed by atoms with Gasteiger partial charge in [0.05, 0.1) is 19.6 Å². The Kier molecular flexibility index (Phi) is 5.12. The molecule has 1 heterocycles. The summed E-state index contributed by atoms with van der Waals surface area (Å²) in [6.07, 6.45) is -0.0504. The van der Waals surface area contributed by atoms with Crippen molar-refractivity contribution in [2.24, 2.45) is 0 Å². The van der Waals surface area contributed by atoms with Crippen molar-refractivity contribution in [3.05, 3.63) is 82.2 Å². The van der Waals surface area contributed by atoms with Crippen molar-refractivity contribution in [2.75, 3.05) is 7.11 Å². The fourth-order valence-electron chi connectivity index (χ4n) is 2.64. The molecule has 0 aliphatic heterocycles. The van der Waals surface area contributed by atoms with E-state index < -0.39 is 23.5 Å². The molecule has 1 amide bonds. The average Bonchev–Trinajstić information content (AvgIpc) is 2.67. The SMILES string of the molecule is COC(=O)C[C@H](NC(=O)c1cc2ccccc2oc1=O)c1ccccc1. The lowest BCUT2D eigenvalue weighted by molar-refractivity contribution is -0.141. The first-order valence-electron chi connectivity index (χ1n) is 8.04. The van der Waals surface area contributed by atoms with Gasteiger partial charge in [-0.25, -0.2) is 4.79 Å². The smallest absolute Gasteiger partial charge is 0.349 e. The van der Waals surface area contributed by atoms with Gasteiger partial charge in [-0.15, -0.1) is 0 Å². The number of nitrogens with one attached hydrogen (secondary N) is 1. The molecule has 1 aromatic heterocycles. The predicted molar refractivity (Wildman–Crippen MR) is 95.8 cm³/mol. The minimum absolute atomic E-state index is 0.0504. The summed E-state index contributed by atoms with van der Waals surface area (Å²) in [5.74, 6) is -1.08. The monoisotopic (exact) mass is 351 g/mol. The van der Waals surface area contributed by atoms with Crippen LogP contribution in [0.15, 0.2) is 69.9 Å². The van der Waals surface area contributed by atoms with Crippen molar-refractivity contribution >= 4 is 22.8 Å². The van der Waals surface area contributed by atoms with E-state index >= 15 is 0 Å². The Hall–Kier alpha value is -3.41. The molecule has 2 aromatic carbocycles. The van der Waals surface area contributed by atoms with Gasteiger partial charge < -0.3 is 14.5 Å². The Morgan fingerprint density at radius 3 is 2.50 bits per heavy atom. The second-order valence-corrected chi connectivity index (χ2v) is 5.70. The summed E-state index contributed by atoms with van der Waals surface area (Å²) in [4.78, 5) is 36.5. The summed E-state index contributed by atoms with van der Waals surface area (Å²) in [7, 11) is 1.28. The van der Waals surface area contributed by atoms with E-state index in [0.717, 1.165) is 5.56 Å². The van der Waals surface area contributed by atoms with Crippen molar-refractivity contribution in [3.8, 4) is 0 Å². The molecule has 132 valence electrons. The first-order valence-corrected chi connectivity index (χ1v) is 8.04. The number of amides is 1.